The van der Waals surface area contributed by atoms with Crippen molar-refractivity contribution in [2.45, 2.75) is 40.7 Å². The largest absolute Gasteiger partial charge is 0.497 e. The number of nitrogens with one attached hydrogen (secondary N) is 1. The minimum absolute atomic E-state index is 0.552. The quantitative estimate of drug-likeness (QED) is 0.782. The Morgan fingerprint density at radius 1 is 1.17 bits per heavy atom. The molecule has 1 aromatic carbocycles. The number of aryl methyl sites for hydroxylation is 1. The number of anilines is 1. The van der Waals surface area contributed by atoms with Crippen molar-refractivity contribution in [2.75, 3.05) is 32.1 Å². The van der Waals surface area contributed by atoms with Crippen LogP contribution in [0.5, 0.6) is 5.75 Å². The maximum Gasteiger partial charge on any atom is 0.121 e. The van der Waals surface area contributed by atoms with E-state index in [4.69, 9.17) is 9.72 Å². The molecule has 0 unspecified atom stereocenters. The lowest BCUT2D eigenvalue weighted by Gasteiger charge is -2.28. The molecule has 0 atom stereocenters. The monoisotopic (exact) mass is 329 g/mol. The number of aromatic nitrogens is 1. The first-order valence-electron chi connectivity index (χ1n) is 8.84. The van der Waals surface area contributed by atoms with Gasteiger partial charge >= 0.3 is 0 Å². The third kappa shape index (κ3) is 4.84. The van der Waals surface area contributed by atoms with Crippen molar-refractivity contribution in [3.05, 3.63) is 30.0 Å². The lowest BCUT2D eigenvalue weighted by molar-refractivity contribution is 0.205. The highest BCUT2D eigenvalue weighted by atomic mass is 16.5. The molecule has 24 heavy (non-hydrogen) atoms. The Bertz CT molecular complexity index is 667. The molecular formula is C20H31N3O. The van der Waals surface area contributed by atoms with Gasteiger partial charge in [0.15, 0.2) is 0 Å². The summed E-state index contributed by atoms with van der Waals surface area (Å²) in [6.45, 7) is 14.1. The van der Waals surface area contributed by atoms with Crippen molar-refractivity contribution in [3.63, 3.8) is 0 Å². The van der Waals surface area contributed by atoms with Crippen molar-refractivity contribution in [1.82, 2.24) is 9.88 Å². The standard InChI is InChI=1S/C20H31N3O/c1-14(2)13-23(15(3)4)10-9-21-19-12-18(24-6)11-17-8-7-16(5)22-20(17)19/h7-8,11-12,14-15,21H,9-10,13H2,1-6H3. The summed E-state index contributed by atoms with van der Waals surface area (Å²) >= 11 is 0. The molecule has 0 saturated carbocycles. The lowest BCUT2D eigenvalue weighted by atomic mass is 10.1. The Morgan fingerprint density at radius 2 is 1.92 bits per heavy atom. The average Bonchev–Trinajstić information content (AvgIpc) is 2.53. The third-order valence-corrected chi connectivity index (χ3v) is 4.19. The number of benzene rings is 1. The van der Waals surface area contributed by atoms with E-state index >= 15 is 0 Å². The number of hydrogen-bond donors (Lipinski definition) is 1. The number of pyridine rings is 1. The van der Waals surface area contributed by atoms with E-state index in [0.29, 0.717) is 12.0 Å². The van der Waals surface area contributed by atoms with E-state index in [0.717, 1.165) is 47.7 Å². The average molecular weight is 329 g/mol. The van der Waals surface area contributed by atoms with E-state index in [1.54, 1.807) is 7.11 Å². The highest BCUT2D eigenvalue weighted by Crippen LogP contribution is 2.28. The van der Waals surface area contributed by atoms with E-state index in [9.17, 15) is 0 Å². The zero-order valence-electron chi connectivity index (χ0n) is 15.9. The van der Waals surface area contributed by atoms with Crippen molar-refractivity contribution in [2.24, 2.45) is 5.92 Å². The van der Waals surface area contributed by atoms with E-state index in [2.05, 4.69) is 44.0 Å². The van der Waals surface area contributed by atoms with Crippen molar-refractivity contribution in [3.8, 4) is 5.75 Å². The number of methoxy groups -OCH3 is 1. The molecule has 0 amide bonds. The van der Waals surface area contributed by atoms with Crippen LogP contribution in [0.1, 0.15) is 33.4 Å². The van der Waals surface area contributed by atoms with Crippen LogP contribution in [-0.4, -0.2) is 42.7 Å². The van der Waals surface area contributed by atoms with Crippen molar-refractivity contribution < 1.29 is 4.74 Å². The number of hydrogen-bond acceptors (Lipinski definition) is 4. The Labute approximate surface area is 146 Å². The maximum atomic E-state index is 5.43. The first-order chi connectivity index (χ1) is 11.4. The highest BCUT2D eigenvalue weighted by Gasteiger charge is 2.12. The summed E-state index contributed by atoms with van der Waals surface area (Å²) in [7, 11) is 1.70. The molecule has 0 bridgehead atoms. The molecule has 0 radical (unpaired) electrons. The molecule has 1 N–H and O–H groups in total. The van der Waals surface area contributed by atoms with Crippen LogP contribution in [0.4, 0.5) is 5.69 Å². The zero-order valence-corrected chi connectivity index (χ0v) is 15.9. The minimum Gasteiger partial charge on any atom is -0.497 e. The molecular weight excluding hydrogens is 298 g/mol. The third-order valence-electron chi connectivity index (χ3n) is 4.19. The van der Waals surface area contributed by atoms with Gasteiger partial charge in [0.1, 0.15) is 5.75 Å². The molecule has 0 aliphatic heterocycles. The number of ether oxygens (including phenoxy) is 1. The second kappa shape index (κ2) is 8.34. The van der Waals surface area contributed by atoms with Gasteiger partial charge in [0.05, 0.1) is 18.3 Å². The van der Waals surface area contributed by atoms with E-state index in [-0.39, 0.29) is 0 Å². The number of fused-ring (bicyclic) bond motifs is 1. The van der Waals surface area contributed by atoms with E-state index < -0.39 is 0 Å². The molecule has 0 spiro atoms. The zero-order chi connectivity index (χ0) is 17.7. The fourth-order valence-corrected chi connectivity index (χ4v) is 2.92. The van der Waals surface area contributed by atoms with Gasteiger partial charge < -0.3 is 10.1 Å². The highest BCUT2D eigenvalue weighted by molar-refractivity contribution is 5.92. The molecule has 0 aliphatic carbocycles. The van der Waals surface area contributed by atoms with Gasteiger partial charge in [-0.1, -0.05) is 19.9 Å². The van der Waals surface area contributed by atoms with Crippen LogP contribution in [0.15, 0.2) is 24.3 Å². The summed E-state index contributed by atoms with van der Waals surface area (Å²) in [4.78, 5) is 7.21. The maximum absolute atomic E-state index is 5.43. The van der Waals surface area contributed by atoms with Gasteiger partial charge in [-0.25, -0.2) is 0 Å². The fraction of sp³-hybridized carbons (Fsp3) is 0.550. The van der Waals surface area contributed by atoms with Crippen LogP contribution in [0, 0.1) is 12.8 Å². The van der Waals surface area contributed by atoms with Gasteiger partial charge in [-0.3, -0.25) is 9.88 Å². The summed E-state index contributed by atoms with van der Waals surface area (Å²) < 4.78 is 5.43. The predicted molar refractivity (Wildman–Crippen MR) is 103 cm³/mol. The van der Waals surface area contributed by atoms with E-state index in [1.807, 2.05) is 25.1 Å². The Hall–Kier alpha value is -1.81. The molecule has 2 aromatic rings. The van der Waals surface area contributed by atoms with Gasteiger partial charge in [0.2, 0.25) is 0 Å². The second-order valence-electron chi connectivity index (χ2n) is 7.11. The first kappa shape index (κ1) is 18.5. The van der Waals surface area contributed by atoms with Gasteiger partial charge in [0, 0.05) is 42.8 Å². The number of nitrogens with zero attached hydrogens (tertiary/aromatic N) is 2. The summed E-state index contributed by atoms with van der Waals surface area (Å²) in [6.07, 6.45) is 0. The molecule has 1 aromatic heterocycles. The summed E-state index contributed by atoms with van der Waals surface area (Å²) in [5, 5.41) is 4.67. The topological polar surface area (TPSA) is 37.4 Å². The summed E-state index contributed by atoms with van der Waals surface area (Å²) in [5.41, 5.74) is 3.08. The van der Waals surface area contributed by atoms with Crippen molar-refractivity contribution >= 4 is 16.6 Å². The van der Waals surface area contributed by atoms with Gasteiger partial charge in [0.25, 0.3) is 0 Å². The Balaban J connectivity index is 2.15. The molecule has 2 rings (SSSR count). The Kier molecular flexibility index (Phi) is 6.44. The van der Waals surface area contributed by atoms with Gasteiger partial charge in [-0.05, 0) is 38.8 Å². The van der Waals surface area contributed by atoms with Gasteiger partial charge in [-0.2, -0.15) is 0 Å². The SMILES string of the molecule is COc1cc(NCCN(CC(C)C)C(C)C)c2nc(C)ccc2c1. The first-order valence-corrected chi connectivity index (χ1v) is 8.84. The van der Waals surface area contributed by atoms with Gasteiger partial charge in [-0.15, -0.1) is 0 Å². The van der Waals surface area contributed by atoms with E-state index in [1.165, 1.54) is 0 Å². The summed E-state index contributed by atoms with van der Waals surface area (Å²) in [5.74, 6) is 1.54. The fourth-order valence-electron chi connectivity index (χ4n) is 2.92. The van der Waals surface area contributed by atoms with Crippen molar-refractivity contribution in [1.29, 1.82) is 0 Å². The molecule has 132 valence electrons. The summed E-state index contributed by atoms with van der Waals surface area (Å²) in [6, 6.07) is 8.76. The normalized spacial score (nSPS) is 11.7. The van der Waals surface area contributed by atoms with Crippen LogP contribution in [0.2, 0.25) is 0 Å². The molecule has 4 heteroatoms. The molecule has 4 nitrogen and oxygen atoms in total. The molecule has 0 saturated heterocycles. The van der Waals surface area contributed by atoms with Crippen LogP contribution in [0.3, 0.4) is 0 Å². The Morgan fingerprint density at radius 3 is 2.54 bits per heavy atom. The molecule has 1 heterocycles. The minimum atomic E-state index is 0.552. The molecule has 0 aliphatic rings. The lowest BCUT2D eigenvalue weighted by Crippen LogP contribution is -2.37. The number of rotatable bonds is 8. The van der Waals surface area contributed by atoms with Crippen LogP contribution < -0.4 is 10.1 Å². The van der Waals surface area contributed by atoms with Crippen LogP contribution >= 0.6 is 0 Å². The molecule has 0 fully saturated rings. The second-order valence-corrected chi connectivity index (χ2v) is 7.11. The van der Waals surface area contributed by atoms with Crippen LogP contribution in [0.25, 0.3) is 10.9 Å². The smallest absolute Gasteiger partial charge is 0.121 e. The van der Waals surface area contributed by atoms with Crippen LogP contribution in [-0.2, 0) is 0 Å². The predicted octanol–water partition coefficient (Wildman–Crippen LogP) is 4.33.